The van der Waals surface area contributed by atoms with Crippen molar-refractivity contribution in [2.24, 2.45) is 5.92 Å². The van der Waals surface area contributed by atoms with Crippen LogP contribution < -0.4 is 0 Å². The van der Waals surface area contributed by atoms with Crippen molar-refractivity contribution in [3.63, 3.8) is 0 Å². The van der Waals surface area contributed by atoms with Gasteiger partial charge in [0.05, 0.1) is 0 Å². The molecular formula is C6H14Si. The van der Waals surface area contributed by atoms with Crippen molar-refractivity contribution in [2.75, 3.05) is 0 Å². The average Bonchev–Trinajstić information content (AvgIpc) is 1.87. The Labute approximate surface area is 48.7 Å². The molecular weight excluding hydrogens is 100 g/mol. The Balaban J connectivity index is 2.26. The van der Waals surface area contributed by atoms with Crippen LogP contribution in [0.4, 0.5) is 0 Å². The monoisotopic (exact) mass is 114 g/mol. The quantitative estimate of drug-likeness (QED) is 0.411. The largest absolute Gasteiger partial charge is 0.0625 e. The lowest BCUT2D eigenvalue weighted by Crippen LogP contribution is -1.83. The first-order chi connectivity index (χ1) is 3.29. The maximum absolute atomic E-state index is 2.37. The maximum Gasteiger partial charge on any atom is 0.00674 e. The average molecular weight is 114 g/mol. The van der Waals surface area contributed by atoms with Crippen LogP contribution in [0.15, 0.2) is 0 Å². The summed E-state index contributed by atoms with van der Waals surface area (Å²) >= 11 is 0. The van der Waals surface area contributed by atoms with Crippen LogP contribution in [0.1, 0.15) is 26.2 Å². The van der Waals surface area contributed by atoms with Crippen LogP contribution in [0.5, 0.6) is 0 Å². The zero-order chi connectivity index (χ0) is 5.28. The Morgan fingerprint density at radius 1 is 1.43 bits per heavy atom. The third-order valence-electron chi connectivity index (χ3n) is 1.96. The molecule has 1 unspecified atom stereocenters. The van der Waals surface area contributed by atoms with Gasteiger partial charge in [-0.2, -0.15) is 0 Å². The molecule has 2 atom stereocenters. The Kier molecular flexibility index (Phi) is 1.52. The highest BCUT2D eigenvalue weighted by Crippen LogP contribution is 2.31. The highest BCUT2D eigenvalue weighted by Gasteiger charge is 2.15. The summed E-state index contributed by atoms with van der Waals surface area (Å²) in [5.41, 5.74) is 1.16. The zero-order valence-electron chi connectivity index (χ0n) is 5.28. The molecule has 0 aromatic heterocycles. The van der Waals surface area contributed by atoms with Crippen molar-refractivity contribution in [2.45, 2.75) is 31.7 Å². The molecule has 0 amide bonds. The third-order valence-corrected chi connectivity index (χ3v) is 3.01. The molecule has 0 heterocycles. The van der Waals surface area contributed by atoms with Crippen molar-refractivity contribution < 1.29 is 0 Å². The van der Waals surface area contributed by atoms with Crippen molar-refractivity contribution >= 4 is 10.2 Å². The van der Waals surface area contributed by atoms with Crippen LogP contribution in [-0.2, 0) is 0 Å². The molecule has 42 valence electrons. The van der Waals surface area contributed by atoms with E-state index in [0.717, 1.165) is 11.5 Å². The smallest absolute Gasteiger partial charge is 0.00674 e. The Bertz CT molecular complexity index is 53.2. The molecule has 1 saturated carbocycles. The lowest BCUT2D eigenvalue weighted by molar-refractivity contribution is 0.612. The first-order valence-electron chi connectivity index (χ1n) is 3.29. The van der Waals surface area contributed by atoms with E-state index in [1.54, 1.807) is 0 Å². The van der Waals surface area contributed by atoms with E-state index in [1.807, 2.05) is 0 Å². The second kappa shape index (κ2) is 1.99. The molecule has 0 nitrogen and oxygen atoms in total. The second-order valence-corrected chi connectivity index (χ2v) is 4.66. The number of hydrogen-bond donors (Lipinski definition) is 0. The fourth-order valence-electron chi connectivity index (χ4n) is 1.49. The Morgan fingerprint density at radius 3 is 2.29 bits per heavy atom. The van der Waals surface area contributed by atoms with Crippen molar-refractivity contribution in [3.05, 3.63) is 0 Å². The summed E-state index contributed by atoms with van der Waals surface area (Å²) < 4.78 is 0. The minimum Gasteiger partial charge on any atom is -0.0625 e. The fourth-order valence-corrected chi connectivity index (χ4v) is 2.63. The van der Waals surface area contributed by atoms with Gasteiger partial charge in [-0.15, -0.1) is 0 Å². The Hall–Kier alpha value is 0.217. The molecule has 0 spiro atoms. The number of rotatable bonds is 0. The van der Waals surface area contributed by atoms with Gasteiger partial charge in [-0.25, -0.2) is 0 Å². The van der Waals surface area contributed by atoms with Crippen LogP contribution in [0.2, 0.25) is 5.54 Å². The summed E-state index contributed by atoms with van der Waals surface area (Å²) in [6, 6.07) is 0. The SMILES string of the molecule is C[C@H]1CCC([SiH3])C1. The molecule has 1 heteroatoms. The summed E-state index contributed by atoms with van der Waals surface area (Å²) in [5.74, 6) is 1.06. The molecule has 0 N–H and O–H groups in total. The lowest BCUT2D eigenvalue weighted by atomic mass is 10.1. The van der Waals surface area contributed by atoms with E-state index in [1.165, 1.54) is 29.5 Å². The van der Waals surface area contributed by atoms with E-state index in [2.05, 4.69) is 6.92 Å². The van der Waals surface area contributed by atoms with E-state index < -0.39 is 0 Å². The lowest BCUT2D eigenvalue weighted by Gasteiger charge is -1.96. The van der Waals surface area contributed by atoms with E-state index in [4.69, 9.17) is 0 Å². The second-order valence-electron chi connectivity index (χ2n) is 3.02. The van der Waals surface area contributed by atoms with Gasteiger partial charge >= 0.3 is 0 Å². The molecule has 1 rings (SSSR count). The summed E-state index contributed by atoms with van der Waals surface area (Å²) in [6.07, 6.45) is 4.58. The highest BCUT2D eigenvalue weighted by molar-refractivity contribution is 6.11. The molecule has 0 saturated heterocycles. The summed E-state index contributed by atoms with van der Waals surface area (Å²) in [7, 11) is 1.44. The molecule has 0 aliphatic heterocycles. The van der Waals surface area contributed by atoms with Crippen molar-refractivity contribution in [1.82, 2.24) is 0 Å². The Morgan fingerprint density at radius 2 is 2.14 bits per heavy atom. The highest BCUT2D eigenvalue weighted by atomic mass is 28.1. The fraction of sp³-hybridized carbons (Fsp3) is 1.00. The first kappa shape index (κ1) is 5.36. The van der Waals surface area contributed by atoms with E-state index in [0.29, 0.717) is 0 Å². The van der Waals surface area contributed by atoms with Crippen LogP contribution in [0, 0.1) is 5.92 Å². The van der Waals surface area contributed by atoms with Crippen LogP contribution >= 0.6 is 0 Å². The van der Waals surface area contributed by atoms with Gasteiger partial charge in [-0.1, -0.05) is 31.7 Å². The third kappa shape index (κ3) is 1.30. The van der Waals surface area contributed by atoms with Crippen LogP contribution in [0.25, 0.3) is 0 Å². The number of hydrogen-bond acceptors (Lipinski definition) is 0. The molecule has 0 aromatic carbocycles. The van der Waals surface area contributed by atoms with E-state index in [-0.39, 0.29) is 0 Å². The molecule has 1 fully saturated rings. The minimum absolute atomic E-state index is 1.06. The van der Waals surface area contributed by atoms with Gasteiger partial charge < -0.3 is 0 Å². The topological polar surface area (TPSA) is 0 Å². The van der Waals surface area contributed by atoms with Crippen LogP contribution in [-0.4, -0.2) is 10.2 Å². The summed E-state index contributed by atoms with van der Waals surface area (Å²) in [6.45, 7) is 2.37. The molecule has 0 bridgehead atoms. The van der Waals surface area contributed by atoms with Gasteiger partial charge in [0, 0.05) is 10.2 Å². The van der Waals surface area contributed by atoms with E-state index >= 15 is 0 Å². The van der Waals surface area contributed by atoms with Gasteiger partial charge in [0.2, 0.25) is 0 Å². The van der Waals surface area contributed by atoms with Gasteiger partial charge in [-0.3, -0.25) is 0 Å². The first-order valence-corrected chi connectivity index (χ1v) is 4.44. The molecule has 7 heavy (non-hydrogen) atoms. The molecule has 1 aliphatic rings. The minimum atomic E-state index is 1.06. The van der Waals surface area contributed by atoms with Gasteiger partial charge in [0.15, 0.2) is 0 Å². The summed E-state index contributed by atoms with van der Waals surface area (Å²) in [4.78, 5) is 0. The normalized spacial score (nSPS) is 42.4. The van der Waals surface area contributed by atoms with E-state index in [9.17, 15) is 0 Å². The summed E-state index contributed by atoms with van der Waals surface area (Å²) in [5, 5.41) is 0. The van der Waals surface area contributed by atoms with Crippen molar-refractivity contribution in [1.29, 1.82) is 0 Å². The predicted molar refractivity (Wildman–Crippen MR) is 36.7 cm³/mol. The predicted octanol–water partition coefficient (Wildman–Crippen LogP) is 0.960. The maximum atomic E-state index is 2.37. The van der Waals surface area contributed by atoms with Gasteiger partial charge in [-0.05, 0) is 5.92 Å². The van der Waals surface area contributed by atoms with Crippen molar-refractivity contribution in [3.8, 4) is 0 Å². The zero-order valence-corrected chi connectivity index (χ0v) is 7.28. The standard InChI is InChI=1S/C6H14Si/c1-5-2-3-6(7)4-5/h5-6H,2-4H2,1,7H3/t5-,6?/m0/s1. The van der Waals surface area contributed by atoms with Crippen LogP contribution in [0.3, 0.4) is 0 Å². The van der Waals surface area contributed by atoms with Gasteiger partial charge in [0.1, 0.15) is 0 Å². The molecule has 0 aromatic rings. The molecule has 0 radical (unpaired) electrons. The molecule has 1 aliphatic carbocycles. The van der Waals surface area contributed by atoms with Gasteiger partial charge in [0.25, 0.3) is 0 Å².